The third kappa shape index (κ3) is 4.91. The molecule has 1 aliphatic heterocycles. The van der Waals surface area contributed by atoms with Gasteiger partial charge in [-0.1, -0.05) is 23.7 Å². The Labute approximate surface area is 136 Å². The van der Waals surface area contributed by atoms with Gasteiger partial charge in [0.2, 0.25) is 5.91 Å². The van der Waals surface area contributed by atoms with Crippen LogP contribution in [0.4, 0.5) is 4.79 Å². The van der Waals surface area contributed by atoms with Crippen molar-refractivity contribution in [2.24, 2.45) is 0 Å². The number of carbonyl (C=O) groups excluding carboxylic acids is 2. The van der Waals surface area contributed by atoms with Crippen molar-refractivity contribution in [3.63, 3.8) is 0 Å². The first-order chi connectivity index (χ1) is 10.6. The normalized spacial score (nSPS) is 14.3. The van der Waals surface area contributed by atoms with Crippen molar-refractivity contribution in [3.05, 3.63) is 34.9 Å². The molecule has 1 N–H and O–H groups in total. The number of hydrogen-bond donors (Lipinski definition) is 1. The molecule has 0 atom stereocenters. The van der Waals surface area contributed by atoms with Crippen LogP contribution in [0.5, 0.6) is 0 Å². The predicted octanol–water partition coefficient (Wildman–Crippen LogP) is 2.49. The predicted molar refractivity (Wildman–Crippen MR) is 86.7 cm³/mol. The molecule has 0 bridgehead atoms. The molecule has 22 heavy (non-hydrogen) atoms. The summed E-state index contributed by atoms with van der Waals surface area (Å²) >= 11 is 5.84. The first-order valence-electron chi connectivity index (χ1n) is 7.57. The lowest BCUT2D eigenvalue weighted by Crippen LogP contribution is -2.38. The molecule has 1 fully saturated rings. The van der Waals surface area contributed by atoms with Crippen molar-refractivity contribution < 1.29 is 9.59 Å². The smallest absolute Gasteiger partial charge is 0.317 e. The lowest BCUT2D eigenvalue weighted by atomic mass is 10.2. The van der Waals surface area contributed by atoms with Crippen LogP contribution < -0.4 is 5.32 Å². The van der Waals surface area contributed by atoms with Gasteiger partial charge in [-0.2, -0.15) is 0 Å². The average molecular weight is 324 g/mol. The fourth-order valence-corrected chi connectivity index (χ4v) is 2.60. The van der Waals surface area contributed by atoms with Crippen LogP contribution in [0.3, 0.4) is 0 Å². The second kappa shape index (κ2) is 8.03. The van der Waals surface area contributed by atoms with Crippen LogP contribution >= 0.6 is 11.6 Å². The van der Waals surface area contributed by atoms with E-state index in [4.69, 9.17) is 11.6 Å². The van der Waals surface area contributed by atoms with Crippen LogP contribution in [0.2, 0.25) is 5.02 Å². The Balaban J connectivity index is 1.65. The monoisotopic (exact) mass is 323 g/mol. The van der Waals surface area contributed by atoms with E-state index in [1.807, 2.05) is 29.2 Å². The minimum Gasteiger partial charge on any atom is -0.343 e. The number of nitrogens with zero attached hydrogens (tertiary/aromatic N) is 2. The molecule has 6 heteroatoms. The molecule has 120 valence electrons. The summed E-state index contributed by atoms with van der Waals surface area (Å²) in [5.41, 5.74) is 1.03. The van der Waals surface area contributed by atoms with E-state index in [1.54, 1.807) is 11.9 Å². The largest absolute Gasteiger partial charge is 0.343 e. The number of benzene rings is 1. The zero-order valence-corrected chi connectivity index (χ0v) is 13.6. The van der Waals surface area contributed by atoms with Crippen LogP contribution in [-0.2, 0) is 11.3 Å². The van der Waals surface area contributed by atoms with Crippen LogP contribution in [0.1, 0.15) is 24.8 Å². The minimum atomic E-state index is -0.109. The number of rotatable bonds is 6. The summed E-state index contributed by atoms with van der Waals surface area (Å²) in [5.74, 6) is 0.228. The topological polar surface area (TPSA) is 52.7 Å². The van der Waals surface area contributed by atoms with E-state index in [0.717, 1.165) is 31.5 Å². The van der Waals surface area contributed by atoms with Gasteiger partial charge >= 0.3 is 6.03 Å². The number of urea groups is 1. The van der Waals surface area contributed by atoms with Crippen molar-refractivity contribution in [2.75, 3.05) is 26.7 Å². The highest BCUT2D eigenvalue weighted by Gasteiger charge is 2.19. The van der Waals surface area contributed by atoms with E-state index in [9.17, 15) is 9.59 Å². The summed E-state index contributed by atoms with van der Waals surface area (Å²) in [4.78, 5) is 26.9. The fourth-order valence-electron chi connectivity index (χ4n) is 2.48. The Hall–Kier alpha value is -1.75. The van der Waals surface area contributed by atoms with Gasteiger partial charge in [0, 0.05) is 44.7 Å². The van der Waals surface area contributed by atoms with Crippen molar-refractivity contribution in [3.8, 4) is 0 Å². The van der Waals surface area contributed by atoms with Gasteiger partial charge in [-0.15, -0.1) is 0 Å². The maximum absolute atomic E-state index is 12.0. The fraction of sp³-hybridized carbons (Fsp3) is 0.500. The number of nitrogens with one attached hydrogen (secondary N) is 1. The second-order valence-electron chi connectivity index (χ2n) is 5.55. The van der Waals surface area contributed by atoms with Gasteiger partial charge in [-0.25, -0.2) is 4.79 Å². The molecule has 0 aromatic heterocycles. The molecule has 1 aliphatic rings. The van der Waals surface area contributed by atoms with Gasteiger partial charge in [0.1, 0.15) is 0 Å². The van der Waals surface area contributed by atoms with E-state index in [1.165, 1.54) is 0 Å². The van der Waals surface area contributed by atoms with Crippen LogP contribution in [0.15, 0.2) is 24.3 Å². The Bertz CT molecular complexity index is 519. The van der Waals surface area contributed by atoms with E-state index < -0.39 is 0 Å². The molecular formula is C16H22ClN3O2. The molecule has 3 amide bonds. The van der Waals surface area contributed by atoms with Gasteiger partial charge in [0.15, 0.2) is 0 Å². The van der Waals surface area contributed by atoms with Gasteiger partial charge in [0.05, 0.1) is 0 Å². The Kier molecular flexibility index (Phi) is 6.07. The molecular weight excluding hydrogens is 302 g/mol. The Morgan fingerprint density at radius 1 is 1.36 bits per heavy atom. The summed E-state index contributed by atoms with van der Waals surface area (Å²) in [5, 5.41) is 3.56. The zero-order valence-electron chi connectivity index (χ0n) is 12.8. The molecule has 2 rings (SSSR count). The van der Waals surface area contributed by atoms with Crippen LogP contribution in [0, 0.1) is 0 Å². The molecule has 1 heterocycles. The minimum absolute atomic E-state index is 0.109. The number of hydrogen-bond acceptors (Lipinski definition) is 2. The first-order valence-corrected chi connectivity index (χ1v) is 7.95. The lowest BCUT2D eigenvalue weighted by Gasteiger charge is -2.19. The highest BCUT2D eigenvalue weighted by molar-refractivity contribution is 6.30. The number of likely N-dealkylation sites (tertiary alicyclic amines) is 1. The van der Waals surface area contributed by atoms with Crippen LogP contribution in [0.25, 0.3) is 0 Å². The summed E-state index contributed by atoms with van der Waals surface area (Å²) in [6.07, 6.45) is 2.40. The lowest BCUT2D eigenvalue weighted by molar-refractivity contribution is -0.127. The van der Waals surface area contributed by atoms with Gasteiger partial charge in [-0.05, 0) is 30.5 Å². The van der Waals surface area contributed by atoms with E-state index >= 15 is 0 Å². The van der Waals surface area contributed by atoms with E-state index in [2.05, 4.69) is 5.32 Å². The Morgan fingerprint density at radius 3 is 2.73 bits per heavy atom. The van der Waals surface area contributed by atoms with Crippen molar-refractivity contribution in [2.45, 2.75) is 25.8 Å². The summed E-state index contributed by atoms with van der Waals surface area (Å²) < 4.78 is 0. The van der Waals surface area contributed by atoms with Gasteiger partial charge in [0.25, 0.3) is 0 Å². The highest BCUT2D eigenvalue weighted by atomic mass is 35.5. The number of amides is 3. The third-order valence-corrected chi connectivity index (χ3v) is 3.98. The summed E-state index contributed by atoms with van der Waals surface area (Å²) in [7, 11) is 1.76. The van der Waals surface area contributed by atoms with Crippen molar-refractivity contribution >= 4 is 23.5 Å². The maximum Gasteiger partial charge on any atom is 0.317 e. The molecule has 0 unspecified atom stereocenters. The molecule has 1 aromatic carbocycles. The standard InChI is InChI=1S/C16H22ClN3O2/c1-19(12-13-5-7-14(17)8-6-13)16(22)18-9-3-11-20-10-2-4-15(20)21/h5-8H,2-4,9-12H2,1H3,(H,18,22). The van der Waals surface area contributed by atoms with E-state index in [-0.39, 0.29) is 11.9 Å². The molecule has 0 saturated carbocycles. The van der Waals surface area contributed by atoms with E-state index in [0.29, 0.717) is 24.5 Å². The quantitative estimate of drug-likeness (QED) is 0.818. The number of carbonyl (C=O) groups is 2. The van der Waals surface area contributed by atoms with Crippen molar-refractivity contribution in [1.82, 2.24) is 15.1 Å². The second-order valence-corrected chi connectivity index (χ2v) is 5.99. The number of halogens is 1. The zero-order chi connectivity index (χ0) is 15.9. The van der Waals surface area contributed by atoms with Crippen LogP contribution in [-0.4, -0.2) is 48.4 Å². The molecule has 0 radical (unpaired) electrons. The molecule has 0 spiro atoms. The molecule has 0 aliphatic carbocycles. The summed E-state index contributed by atoms with van der Waals surface area (Å²) in [6.45, 7) is 2.68. The van der Waals surface area contributed by atoms with Gasteiger partial charge < -0.3 is 15.1 Å². The summed E-state index contributed by atoms with van der Waals surface area (Å²) in [6, 6.07) is 7.34. The third-order valence-electron chi connectivity index (χ3n) is 3.73. The molecule has 5 nitrogen and oxygen atoms in total. The highest BCUT2D eigenvalue weighted by Crippen LogP contribution is 2.11. The Morgan fingerprint density at radius 2 is 2.09 bits per heavy atom. The van der Waals surface area contributed by atoms with Crippen molar-refractivity contribution in [1.29, 1.82) is 0 Å². The molecule has 1 saturated heterocycles. The first kappa shape index (κ1) is 16.6. The maximum atomic E-state index is 12.0. The SMILES string of the molecule is CN(Cc1ccc(Cl)cc1)C(=O)NCCCN1CCCC1=O. The average Bonchev–Trinajstić information content (AvgIpc) is 2.91. The van der Waals surface area contributed by atoms with Gasteiger partial charge in [-0.3, -0.25) is 4.79 Å². The molecule has 1 aromatic rings.